The lowest BCUT2D eigenvalue weighted by Gasteiger charge is -2.00. The van der Waals surface area contributed by atoms with Crippen LogP contribution in [0.25, 0.3) is 0 Å². The van der Waals surface area contributed by atoms with Gasteiger partial charge in [0.2, 0.25) is 0 Å². The van der Waals surface area contributed by atoms with E-state index in [2.05, 4.69) is 24.2 Å². The third-order valence-electron chi connectivity index (χ3n) is 2.61. The van der Waals surface area contributed by atoms with Gasteiger partial charge in [0.15, 0.2) is 0 Å². The predicted molar refractivity (Wildman–Crippen MR) is 86.4 cm³/mol. The van der Waals surface area contributed by atoms with Crippen molar-refractivity contribution in [2.24, 2.45) is 5.16 Å². The molecule has 0 aliphatic heterocycles. The van der Waals surface area contributed by atoms with Crippen LogP contribution in [0.4, 0.5) is 0 Å². The molecule has 0 aliphatic carbocycles. The monoisotopic (exact) mass is 293 g/mol. The average Bonchev–Trinajstić information content (AvgIpc) is 2.47. The van der Waals surface area contributed by atoms with Crippen molar-refractivity contribution < 1.29 is 14.7 Å². The maximum absolute atomic E-state index is 11.1. The highest BCUT2D eigenvalue weighted by atomic mass is 16.7. The van der Waals surface area contributed by atoms with Crippen LogP contribution in [0.5, 0.6) is 0 Å². The molecule has 0 heterocycles. The van der Waals surface area contributed by atoms with E-state index in [4.69, 9.17) is 9.94 Å². The lowest BCUT2D eigenvalue weighted by molar-refractivity contribution is -0.143. The molecule has 0 fully saturated rings. The molecule has 0 aliphatic rings. The average molecular weight is 293 g/mol. The second kappa shape index (κ2) is 13.3. The number of carbonyl (C=O) groups excluding carboxylic acids is 1. The Hall–Kier alpha value is -1.68. The van der Waals surface area contributed by atoms with Crippen LogP contribution in [0.3, 0.4) is 0 Å². The largest absolute Gasteiger partial charge is 0.397 e. The molecule has 21 heavy (non-hydrogen) atoms. The molecule has 0 bridgehead atoms. The van der Waals surface area contributed by atoms with E-state index in [1.54, 1.807) is 13.1 Å². The fraction of sp³-hybridized carbons (Fsp3) is 0.529. The van der Waals surface area contributed by atoms with Gasteiger partial charge < -0.3 is 9.94 Å². The van der Waals surface area contributed by atoms with Gasteiger partial charge in [-0.2, -0.15) is 0 Å². The molecule has 0 saturated heterocycles. The minimum absolute atomic E-state index is 0.250. The number of nitrogens with zero attached hydrogens (tertiary/aromatic N) is 1. The molecule has 4 nitrogen and oxygen atoms in total. The number of oxime groups is 1. The van der Waals surface area contributed by atoms with Crippen molar-refractivity contribution in [3.05, 3.63) is 35.4 Å². The molecule has 1 aromatic carbocycles. The second-order valence-corrected chi connectivity index (χ2v) is 4.61. The quantitative estimate of drug-likeness (QED) is 0.473. The van der Waals surface area contributed by atoms with E-state index in [1.807, 2.05) is 19.1 Å². The summed E-state index contributed by atoms with van der Waals surface area (Å²) in [5.41, 5.74) is 2.27. The Morgan fingerprint density at radius 2 is 1.81 bits per heavy atom. The Morgan fingerprint density at radius 3 is 2.33 bits per heavy atom. The van der Waals surface area contributed by atoms with Crippen LogP contribution in [0.2, 0.25) is 0 Å². The van der Waals surface area contributed by atoms with Crippen LogP contribution in [0.15, 0.2) is 29.4 Å². The Balaban J connectivity index is 0.00000122. The lowest BCUT2D eigenvalue weighted by Crippen LogP contribution is -1.98. The summed E-state index contributed by atoms with van der Waals surface area (Å²) < 4.78 is 0. The molecule has 0 unspecified atom stereocenters. The lowest BCUT2D eigenvalue weighted by atomic mass is 10.1. The fourth-order valence-corrected chi connectivity index (χ4v) is 1.55. The van der Waals surface area contributed by atoms with E-state index in [-0.39, 0.29) is 12.6 Å². The van der Waals surface area contributed by atoms with Crippen LogP contribution in [0.1, 0.15) is 57.6 Å². The van der Waals surface area contributed by atoms with Gasteiger partial charge in [0.05, 0.1) is 6.21 Å². The first kappa shape index (κ1) is 19.3. The van der Waals surface area contributed by atoms with Gasteiger partial charge in [0.1, 0.15) is 0 Å². The predicted octanol–water partition coefficient (Wildman–Crippen LogP) is 3.71. The Kier molecular flexibility index (Phi) is 12.2. The molecule has 0 saturated carbocycles. The second-order valence-electron chi connectivity index (χ2n) is 4.61. The third kappa shape index (κ3) is 10.7. The normalized spacial score (nSPS) is 10.1. The van der Waals surface area contributed by atoms with Crippen LogP contribution in [-0.2, 0) is 16.1 Å². The molecule has 4 heteroatoms. The zero-order chi connectivity index (χ0) is 15.9. The maximum Gasteiger partial charge on any atom is 0.335 e. The van der Waals surface area contributed by atoms with Gasteiger partial charge in [0, 0.05) is 13.0 Å². The number of rotatable bonds is 7. The smallest absolute Gasteiger partial charge is 0.335 e. The summed E-state index contributed by atoms with van der Waals surface area (Å²) in [7, 11) is 0. The van der Waals surface area contributed by atoms with Gasteiger partial charge in [-0.3, -0.25) is 0 Å². The number of aliphatic hydroxyl groups is 1. The van der Waals surface area contributed by atoms with Crippen LogP contribution in [-0.4, -0.2) is 23.9 Å². The summed E-state index contributed by atoms with van der Waals surface area (Å²) in [6.07, 6.45) is 6.28. The van der Waals surface area contributed by atoms with Gasteiger partial charge in [0.25, 0.3) is 0 Å². The number of hydrogen-bond acceptors (Lipinski definition) is 4. The minimum atomic E-state index is -0.284. The third-order valence-corrected chi connectivity index (χ3v) is 2.61. The van der Waals surface area contributed by atoms with E-state index >= 15 is 0 Å². The minimum Gasteiger partial charge on any atom is -0.397 e. The molecule has 0 spiro atoms. The van der Waals surface area contributed by atoms with Crippen molar-refractivity contribution in [2.75, 3.05) is 6.61 Å². The molecule has 1 rings (SSSR count). The summed E-state index contributed by atoms with van der Waals surface area (Å²) in [6.45, 7) is 6.05. The van der Waals surface area contributed by atoms with Crippen molar-refractivity contribution in [1.29, 1.82) is 0 Å². The molecule has 0 aromatic heterocycles. The van der Waals surface area contributed by atoms with Crippen molar-refractivity contribution >= 4 is 12.2 Å². The summed E-state index contributed by atoms with van der Waals surface area (Å²) in [4.78, 5) is 15.8. The highest BCUT2D eigenvalue weighted by Gasteiger charge is 1.98. The number of unbranched alkanes of at least 4 members (excludes halogenated alkanes) is 1. The molecule has 0 atom stereocenters. The Morgan fingerprint density at radius 1 is 1.19 bits per heavy atom. The fourth-order valence-electron chi connectivity index (χ4n) is 1.55. The van der Waals surface area contributed by atoms with Crippen LogP contribution in [0, 0.1) is 0 Å². The highest BCUT2D eigenvalue weighted by molar-refractivity contribution is 5.80. The molecule has 0 amide bonds. The van der Waals surface area contributed by atoms with E-state index in [0.717, 1.165) is 18.4 Å². The Bertz CT molecular complexity index is 399. The zero-order valence-electron chi connectivity index (χ0n) is 13.3. The van der Waals surface area contributed by atoms with E-state index in [0.29, 0.717) is 6.42 Å². The molecule has 1 aromatic rings. The van der Waals surface area contributed by atoms with Crippen LogP contribution < -0.4 is 0 Å². The van der Waals surface area contributed by atoms with Gasteiger partial charge in [-0.05, 0) is 37.3 Å². The topological polar surface area (TPSA) is 58.9 Å². The number of aryl methyl sites for hydroxylation is 1. The number of carbonyl (C=O) groups is 1. The molecule has 118 valence electrons. The molecule has 0 radical (unpaired) electrons. The first-order valence-electron chi connectivity index (χ1n) is 7.60. The SMILES string of the molecule is CCCCc1ccc(/C=N/OC(=O)CCC)cc1.CCO. The highest BCUT2D eigenvalue weighted by Crippen LogP contribution is 2.06. The number of hydrogen-bond donors (Lipinski definition) is 1. The molecular weight excluding hydrogens is 266 g/mol. The summed E-state index contributed by atoms with van der Waals surface area (Å²) >= 11 is 0. The van der Waals surface area contributed by atoms with Gasteiger partial charge in [-0.25, -0.2) is 4.79 Å². The van der Waals surface area contributed by atoms with Gasteiger partial charge in [-0.1, -0.05) is 49.7 Å². The Labute approximate surface area is 127 Å². The molecular formula is C17H27NO3. The first-order chi connectivity index (χ1) is 10.2. The van der Waals surface area contributed by atoms with Crippen LogP contribution >= 0.6 is 0 Å². The number of aliphatic hydroxyl groups excluding tert-OH is 1. The van der Waals surface area contributed by atoms with Gasteiger partial charge in [-0.15, -0.1) is 0 Å². The first-order valence-corrected chi connectivity index (χ1v) is 7.60. The van der Waals surface area contributed by atoms with Crippen molar-refractivity contribution in [3.8, 4) is 0 Å². The van der Waals surface area contributed by atoms with Gasteiger partial charge >= 0.3 is 5.97 Å². The molecule has 1 N–H and O–H groups in total. The number of benzene rings is 1. The van der Waals surface area contributed by atoms with E-state index in [9.17, 15) is 4.79 Å². The van der Waals surface area contributed by atoms with E-state index in [1.165, 1.54) is 18.4 Å². The maximum atomic E-state index is 11.1. The standard InChI is InChI=1S/C15H21NO2.C2H6O/c1-3-5-7-13-8-10-14(11-9-13)12-16-18-15(17)6-4-2;1-2-3/h8-12H,3-7H2,1-2H3;3H,2H2,1H3/b16-12+;. The van der Waals surface area contributed by atoms with Crippen molar-refractivity contribution in [1.82, 2.24) is 0 Å². The van der Waals surface area contributed by atoms with Crippen molar-refractivity contribution in [3.63, 3.8) is 0 Å². The summed E-state index contributed by atoms with van der Waals surface area (Å²) in [6, 6.07) is 8.15. The zero-order valence-corrected chi connectivity index (χ0v) is 13.3. The van der Waals surface area contributed by atoms with E-state index < -0.39 is 0 Å². The van der Waals surface area contributed by atoms with Crippen molar-refractivity contribution in [2.45, 2.75) is 52.9 Å². The summed E-state index contributed by atoms with van der Waals surface area (Å²) in [5.74, 6) is -0.284. The summed E-state index contributed by atoms with van der Waals surface area (Å²) in [5, 5.41) is 11.2.